The highest BCUT2D eigenvalue weighted by atomic mass is 16.2. The molecule has 11 heavy (non-hydrogen) atoms. The van der Waals surface area contributed by atoms with Crippen molar-refractivity contribution in [2.24, 2.45) is 0 Å². The summed E-state index contributed by atoms with van der Waals surface area (Å²) in [4.78, 5) is 21.9. The summed E-state index contributed by atoms with van der Waals surface area (Å²) >= 11 is 0. The van der Waals surface area contributed by atoms with Crippen molar-refractivity contribution >= 4 is 18.0 Å². The van der Waals surface area contributed by atoms with Crippen LogP contribution >= 0.6 is 0 Å². The number of nitriles is 1. The minimum atomic E-state index is -0.765. The molecular formula is C6H7N3O2. The van der Waals surface area contributed by atoms with E-state index in [0.29, 0.717) is 11.1 Å². The Labute approximate surface area is 63.7 Å². The Balaban J connectivity index is 4.36. The second-order valence-electron chi connectivity index (χ2n) is 1.75. The molecule has 5 nitrogen and oxygen atoms in total. The predicted octanol–water partition coefficient (Wildman–Crippen LogP) is -0.465. The second kappa shape index (κ2) is 4.17. The maximum Gasteiger partial charge on any atom is 0.271 e. The van der Waals surface area contributed by atoms with Crippen LogP contribution in [0.25, 0.3) is 0 Å². The van der Waals surface area contributed by atoms with Gasteiger partial charge in [0.05, 0.1) is 12.3 Å². The number of nitrogens with zero attached hydrogens (tertiary/aromatic N) is 2. The maximum atomic E-state index is 10.7. The van der Waals surface area contributed by atoms with Gasteiger partial charge in [-0.25, -0.2) is 0 Å². The summed E-state index contributed by atoms with van der Waals surface area (Å²) in [5.74, 6) is -1.29. The van der Waals surface area contributed by atoms with Crippen LogP contribution in [0.3, 0.4) is 0 Å². The summed E-state index contributed by atoms with van der Waals surface area (Å²) in [7, 11) is 0. The van der Waals surface area contributed by atoms with Gasteiger partial charge >= 0.3 is 0 Å². The monoisotopic (exact) mass is 153 g/mol. The molecule has 0 atom stereocenters. The normalized spacial score (nSPS) is 8.00. The number of carbonyl (C=O) groups is 2. The number of nitrogens with one attached hydrogen (secondary N) is 1. The first-order valence-electron chi connectivity index (χ1n) is 2.83. The van der Waals surface area contributed by atoms with Gasteiger partial charge in [0.2, 0.25) is 5.91 Å². The first kappa shape index (κ1) is 9.30. The van der Waals surface area contributed by atoms with Crippen LogP contribution in [0.1, 0.15) is 6.92 Å². The first-order chi connectivity index (χ1) is 5.13. The van der Waals surface area contributed by atoms with E-state index in [1.165, 1.54) is 6.92 Å². The number of hydrogen-bond donors (Lipinski definition) is 1. The summed E-state index contributed by atoms with van der Waals surface area (Å²) in [6.07, 6.45) is 0.499. The average Bonchev–Trinajstić information content (AvgIpc) is 1.98. The maximum absolute atomic E-state index is 10.7. The van der Waals surface area contributed by atoms with Gasteiger partial charge in [0.25, 0.3) is 5.91 Å². The summed E-state index contributed by atoms with van der Waals surface area (Å²) in [6, 6.07) is 1.65. The molecule has 0 heterocycles. The van der Waals surface area contributed by atoms with E-state index in [1.807, 2.05) is 0 Å². The van der Waals surface area contributed by atoms with E-state index in [4.69, 9.17) is 10.7 Å². The third kappa shape index (κ3) is 2.58. The SMILES string of the molecule is CC(=O)N(CC#N)C(=O)C=N. The largest absolute Gasteiger partial charge is 0.303 e. The predicted molar refractivity (Wildman–Crippen MR) is 36.8 cm³/mol. The van der Waals surface area contributed by atoms with Crippen LogP contribution in [0.15, 0.2) is 0 Å². The molecule has 0 aliphatic heterocycles. The third-order valence-corrected chi connectivity index (χ3v) is 0.998. The van der Waals surface area contributed by atoms with Crippen LogP contribution in [-0.4, -0.2) is 29.5 Å². The van der Waals surface area contributed by atoms with Crippen LogP contribution in [0.2, 0.25) is 0 Å². The van der Waals surface area contributed by atoms with Crippen molar-refractivity contribution < 1.29 is 9.59 Å². The van der Waals surface area contributed by atoms with Gasteiger partial charge in [0.1, 0.15) is 6.54 Å². The molecule has 0 aromatic heterocycles. The fourth-order valence-corrected chi connectivity index (χ4v) is 0.493. The molecule has 0 fully saturated rings. The van der Waals surface area contributed by atoms with E-state index >= 15 is 0 Å². The fraction of sp³-hybridized carbons (Fsp3) is 0.333. The van der Waals surface area contributed by atoms with E-state index in [2.05, 4.69) is 0 Å². The van der Waals surface area contributed by atoms with E-state index in [1.54, 1.807) is 6.07 Å². The van der Waals surface area contributed by atoms with Crippen molar-refractivity contribution in [3.05, 3.63) is 0 Å². The van der Waals surface area contributed by atoms with Gasteiger partial charge in [0, 0.05) is 6.92 Å². The lowest BCUT2D eigenvalue weighted by atomic mass is 10.4. The topological polar surface area (TPSA) is 85.0 Å². The third-order valence-electron chi connectivity index (χ3n) is 0.998. The Morgan fingerprint density at radius 1 is 1.73 bits per heavy atom. The molecule has 0 rings (SSSR count). The van der Waals surface area contributed by atoms with Crippen molar-refractivity contribution in [2.45, 2.75) is 6.92 Å². The Kier molecular flexibility index (Phi) is 3.52. The quantitative estimate of drug-likeness (QED) is 0.430. The molecule has 0 aromatic rings. The van der Waals surface area contributed by atoms with E-state index < -0.39 is 11.8 Å². The zero-order chi connectivity index (χ0) is 8.85. The zero-order valence-corrected chi connectivity index (χ0v) is 6.00. The molecule has 58 valence electrons. The molecule has 0 unspecified atom stereocenters. The van der Waals surface area contributed by atoms with Gasteiger partial charge in [-0.05, 0) is 0 Å². The first-order valence-corrected chi connectivity index (χ1v) is 2.83. The highest BCUT2D eigenvalue weighted by molar-refractivity contribution is 6.28. The van der Waals surface area contributed by atoms with Crippen LogP contribution in [0, 0.1) is 16.7 Å². The average molecular weight is 153 g/mol. The summed E-state index contributed by atoms with van der Waals surface area (Å²) in [5.41, 5.74) is 0. The minimum absolute atomic E-state index is 0.302. The lowest BCUT2D eigenvalue weighted by Gasteiger charge is -2.10. The smallest absolute Gasteiger partial charge is 0.271 e. The Bertz CT molecular complexity index is 228. The molecule has 0 radical (unpaired) electrons. The van der Waals surface area contributed by atoms with Crippen molar-refractivity contribution in [3.8, 4) is 6.07 Å². The highest BCUT2D eigenvalue weighted by Crippen LogP contribution is 1.87. The molecule has 5 heteroatoms. The number of hydrogen-bond acceptors (Lipinski definition) is 4. The Morgan fingerprint density at radius 3 is 2.55 bits per heavy atom. The number of carbonyl (C=O) groups excluding carboxylic acids is 2. The van der Waals surface area contributed by atoms with Crippen LogP contribution in [0.4, 0.5) is 0 Å². The van der Waals surface area contributed by atoms with Crippen LogP contribution in [-0.2, 0) is 9.59 Å². The Morgan fingerprint density at radius 2 is 2.27 bits per heavy atom. The molecule has 0 aromatic carbocycles. The zero-order valence-electron chi connectivity index (χ0n) is 6.00. The lowest BCUT2D eigenvalue weighted by Crippen LogP contribution is -2.35. The molecule has 0 saturated carbocycles. The molecular weight excluding hydrogens is 146 g/mol. The van der Waals surface area contributed by atoms with Crippen molar-refractivity contribution in [2.75, 3.05) is 6.54 Å². The molecule has 0 aliphatic rings. The van der Waals surface area contributed by atoms with Gasteiger partial charge < -0.3 is 5.41 Å². The number of rotatable bonds is 2. The highest BCUT2D eigenvalue weighted by Gasteiger charge is 2.13. The summed E-state index contributed by atoms with van der Waals surface area (Å²) in [6.45, 7) is 0.863. The van der Waals surface area contributed by atoms with Crippen molar-refractivity contribution in [1.29, 1.82) is 10.7 Å². The summed E-state index contributed by atoms with van der Waals surface area (Å²) in [5, 5.41) is 14.7. The van der Waals surface area contributed by atoms with Crippen molar-refractivity contribution in [1.82, 2.24) is 4.90 Å². The van der Waals surface area contributed by atoms with E-state index in [-0.39, 0.29) is 6.54 Å². The van der Waals surface area contributed by atoms with Crippen LogP contribution < -0.4 is 0 Å². The van der Waals surface area contributed by atoms with Gasteiger partial charge in [-0.3, -0.25) is 14.5 Å². The molecule has 0 saturated heterocycles. The van der Waals surface area contributed by atoms with Crippen molar-refractivity contribution in [3.63, 3.8) is 0 Å². The number of imide groups is 1. The molecule has 2 amide bonds. The molecule has 0 bridgehead atoms. The molecule has 0 spiro atoms. The minimum Gasteiger partial charge on any atom is -0.303 e. The van der Waals surface area contributed by atoms with Crippen LogP contribution in [0.5, 0.6) is 0 Å². The number of amides is 2. The lowest BCUT2D eigenvalue weighted by molar-refractivity contribution is -0.138. The fourth-order valence-electron chi connectivity index (χ4n) is 0.493. The summed E-state index contributed by atoms with van der Waals surface area (Å²) < 4.78 is 0. The van der Waals surface area contributed by atoms with Gasteiger partial charge in [-0.15, -0.1) is 0 Å². The standard InChI is InChI=1S/C6H7N3O2/c1-5(10)9(3-2-7)6(11)4-8/h4,8H,3H2,1H3. The van der Waals surface area contributed by atoms with E-state index in [0.717, 1.165) is 0 Å². The second-order valence-corrected chi connectivity index (χ2v) is 1.75. The van der Waals surface area contributed by atoms with E-state index in [9.17, 15) is 9.59 Å². The molecule has 1 N–H and O–H groups in total. The van der Waals surface area contributed by atoms with Gasteiger partial charge in [0.15, 0.2) is 0 Å². The van der Waals surface area contributed by atoms with Gasteiger partial charge in [-0.2, -0.15) is 5.26 Å². The Hall–Kier alpha value is -1.70. The molecule has 0 aliphatic carbocycles. The van der Waals surface area contributed by atoms with Gasteiger partial charge in [-0.1, -0.05) is 0 Å².